The standard InChI is InChI=1S/C25H26BrN3O4S/c1-3-18(2)27-25(31)22-14-7-8-15-23(22)28-24(30)17-29(20-11-9-10-19(26)16-20)34(32,33)21-12-5-4-6-13-21/h4-16,18H,3,17H2,1-2H3,(H,27,31)(H,28,30)/t18-/m1/s1. The summed E-state index contributed by atoms with van der Waals surface area (Å²) in [6.07, 6.45) is 0.763. The number of hydrogen-bond donors (Lipinski definition) is 2. The molecule has 9 heteroatoms. The van der Waals surface area contributed by atoms with Crippen LogP contribution in [0, 0.1) is 0 Å². The van der Waals surface area contributed by atoms with Crippen LogP contribution in [0.25, 0.3) is 0 Å². The van der Waals surface area contributed by atoms with E-state index >= 15 is 0 Å². The quantitative estimate of drug-likeness (QED) is 0.404. The molecule has 1 atom stereocenters. The molecule has 2 amide bonds. The Kier molecular flexibility index (Phi) is 8.46. The van der Waals surface area contributed by atoms with Gasteiger partial charge in [0.1, 0.15) is 6.54 Å². The minimum Gasteiger partial charge on any atom is -0.350 e. The Morgan fingerprint density at radius 1 is 0.971 bits per heavy atom. The van der Waals surface area contributed by atoms with Crippen molar-refractivity contribution in [2.45, 2.75) is 31.2 Å². The molecule has 3 aromatic rings. The van der Waals surface area contributed by atoms with Crippen molar-refractivity contribution in [1.82, 2.24) is 5.32 Å². The number of anilines is 2. The van der Waals surface area contributed by atoms with Gasteiger partial charge >= 0.3 is 0 Å². The Balaban J connectivity index is 1.90. The zero-order valence-corrected chi connectivity index (χ0v) is 21.3. The lowest BCUT2D eigenvalue weighted by Gasteiger charge is -2.24. The maximum absolute atomic E-state index is 13.4. The van der Waals surface area contributed by atoms with Gasteiger partial charge in [0.15, 0.2) is 0 Å². The predicted octanol–water partition coefficient (Wildman–Crippen LogP) is 4.81. The zero-order chi connectivity index (χ0) is 24.7. The molecule has 0 saturated heterocycles. The van der Waals surface area contributed by atoms with Crippen LogP contribution in [0.2, 0.25) is 0 Å². The predicted molar refractivity (Wildman–Crippen MR) is 137 cm³/mol. The molecule has 0 saturated carbocycles. The first kappa shape index (κ1) is 25.5. The molecule has 7 nitrogen and oxygen atoms in total. The number of halogens is 1. The SMILES string of the molecule is CC[C@@H](C)NC(=O)c1ccccc1NC(=O)CN(c1cccc(Br)c1)S(=O)(=O)c1ccccc1. The topological polar surface area (TPSA) is 95.6 Å². The van der Waals surface area contributed by atoms with Gasteiger partial charge in [-0.3, -0.25) is 13.9 Å². The largest absolute Gasteiger partial charge is 0.350 e. The van der Waals surface area contributed by atoms with Crippen molar-refractivity contribution >= 4 is 49.1 Å². The second-order valence-corrected chi connectivity index (χ2v) is 10.5. The van der Waals surface area contributed by atoms with Gasteiger partial charge in [0, 0.05) is 10.5 Å². The van der Waals surface area contributed by atoms with Crippen LogP contribution in [0.5, 0.6) is 0 Å². The summed E-state index contributed by atoms with van der Waals surface area (Å²) >= 11 is 3.36. The highest BCUT2D eigenvalue weighted by molar-refractivity contribution is 9.10. The summed E-state index contributed by atoms with van der Waals surface area (Å²) in [5.74, 6) is -0.894. The molecule has 3 aromatic carbocycles. The van der Waals surface area contributed by atoms with Crippen LogP contribution in [-0.2, 0) is 14.8 Å². The molecule has 0 fully saturated rings. The van der Waals surface area contributed by atoms with E-state index < -0.39 is 22.5 Å². The van der Waals surface area contributed by atoms with Crippen molar-refractivity contribution < 1.29 is 18.0 Å². The summed E-state index contributed by atoms with van der Waals surface area (Å²) in [6.45, 7) is 3.38. The van der Waals surface area contributed by atoms with Crippen LogP contribution in [0.3, 0.4) is 0 Å². The van der Waals surface area contributed by atoms with Gasteiger partial charge in [0.25, 0.3) is 15.9 Å². The van der Waals surface area contributed by atoms with Crippen LogP contribution >= 0.6 is 15.9 Å². The number of para-hydroxylation sites is 1. The van der Waals surface area contributed by atoms with Crippen LogP contribution < -0.4 is 14.9 Å². The average molecular weight is 544 g/mol. The van der Waals surface area contributed by atoms with E-state index in [-0.39, 0.29) is 16.8 Å². The van der Waals surface area contributed by atoms with Gasteiger partial charge in [-0.1, -0.05) is 59.3 Å². The smallest absolute Gasteiger partial charge is 0.264 e. The third-order valence-electron chi connectivity index (χ3n) is 5.15. The highest BCUT2D eigenvalue weighted by atomic mass is 79.9. The average Bonchev–Trinajstić information content (AvgIpc) is 2.83. The minimum atomic E-state index is -4.03. The summed E-state index contributed by atoms with van der Waals surface area (Å²) < 4.78 is 28.6. The van der Waals surface area contributed by atoms with Crippen LogP contribution in [-0.4, -0.2) is 32.8 Å². The van der Waals surface area contributed by atoms with E-state index in [1.54, 1.807) is 66.7 Å². The summed E-state index contributed by atoms with van der Waals surface area (Å²) in [6, 6.07) is 21.2. The lowest BCUT2D eigenvalue weighted by Crippen LogP contribution is -2.38. The third kappa shape index (κ3) is 6.24. The Bertz CT molecular complexity index is 1270. The molecular formula is C25H26BrN3O4S. The van der Waals surface area contributed by atoms with Crippen molar-refractivity contribution in [2.24, 2.45) is 0 Å². The monoisotopic (exact) mass is 543 g/mol. The van der Waals surface area contributed by atoms with Crippen LogP contribution in [0.1, 0.15) is 30.6 Å². The van der Waals surface area contributed by atoms with Gasteiger partial charge in [-0.2, -0.15) is 0 Å². The first-order valence-corrected chi connectivity index (χ1v) is 13.0. The molecule has 34 heavy (non-hydrogen) atoms. The first-order valence-electron chi connectivity index (χ1n) is 10.8. The third-order valence-corrected chi connectivity index (χ3v) is 7.43. The Labute approximate surface area is 208 Å². The molecule has 0 aliphatic heterocycles. The van der Waals surface area contributed by atoms with Crippen molar-refractivity contribution in [3.63, 3.8) is 0 Å². The van der Waals surface area contributed by atoms with Crippen molar-refractivity contribution in [3.05, 3.63) is 88.9 Å². The Morgan fingerprint density at radius 2 is 1.65 bits per heavy atom. The zero-order valence-electron chi connectivity index (χ0n) is 18.9. The molecule has 0 aliphatic carbocycles. The highest BCUT2D eigenvalue weighted by Gasteiger charge is 2.27. The molecule has 0 aliphatic rings. The number of benzene rings is 3. The molecule has 3 rings (SSSR count). The molecule has 0 aromatic heterocycles. The fraction of sp³-hybridized carbons (Fsp3) is 0.200. The minimum absolute atomic E-state index is 0.0284. The van der Waals surface area contributed by atoms with Gasteiger partial charge < -0.3 is 10.6 Å². The number of carbonyl (C=O) groups is 2. The van der Waals surface area contributed by atoms with E-state index in [0.29, 0.717) is 21.4 Å². The maximum atomic E-state index is 13.4. The van der Waals surface area contributed by atoms with E-state index in [2.05, 4.69) is 26.6 Å². The summed E-state index contributed by atoms with van der Waals surface area (Å²) in [7, 11) is -4.03. The van der Waals surface area contributed by atoms with Crippen molar-refractivity contribution in [1.29, 1.82) is 0 Å². The highest BCUT2D eigenvalue weighted by Crippen LogP contribution is 2.26. The second-order valence-electron chi connectivity index (χ2n) is 7.68. The van der Waals surface area contributed by atoms with E-state index in [1.165, 1.54) is 12.1 Å². The second kappa shape index (κ2) is 11.3. The first-order chi connectivity index (χ1) is 16.2. The number of hydrogen-bond acceptors (Lipinski definition) is 4. The number of amides is 2. The normalized spacial score (nSPS) is 12.0. The number of sulfonamides is 1. The van der Waals surface area contributed by atoms with Gasteiger partial charge in [-0.05, 0) is 55.8 Å². The van der Waals surface area contributed by atoms with Crippen molar-refractivity contribution in [2.75, 3.05) is 16.2 Å². The Morgan fingerprint density at radius 3 is 2.32 bits per heavy atom. The molecule has 0 unspecified atom stereocenters. The molecule has 0 spiro atoms. The summed E-state index contributed by atoms with van der Waals surface area (Å²) in [4.78, 5) is 25.8. The molecule has 2 N–H and O–H groups in total. The molecule has 0 bridgehead atoms. The Hall–Kier alpha value is -3.17. The van der Waals surface area contributed by atoms with E-state index in [9.17, 15) is 18.0 Å². The van der Waals surface area contributed by atoms with Gasteiger partial charge in [-0.25, -0.2) is 8.42 Å². The molecule has 0 heterocycles. The number of nitrogens with one attached hydrogen (secondary N) is 2. The fourth-order valence-corrected chi connectivity index (χ4v) is 5.00. The number of rotatable bonds is 9. The molecule has 178 valence electrons. The van der Waals surface area contributed by atoms with Gasteiger partial charge in [0.2, 0.25) is 5.91 Å². The molecular weight excluding hydrogens is 518 g/mol. The van der Waals surface area contributed by atoms with Gasteiger partial charge in [0.05, 0.1) is 21.8 Å². The fourth-order valence-electron chi connectivity index (χ4n) is 3.18. The van der Waals surface area contributed by atoms with Gasteiger partial charge in [-0.15, -0.1) is 0 Å². The van der Waals surface area contributed by atoms with E-state index in [1.807, 2.05) is 13.8 Å². The van der Waals surface area contributed by atoms with E-state index in [0.717, 1.165) is 10.7 Å². The summed E-state index contributed by atoms with van der Waals surface area (Å²) in [5, 5.41) is 5.58. The van der Waals surface area contributed by atoms with Crippen LogP contribution in [0.15, 0.2) is 88.2 Å². The number of nitrogens with zero attached hydrogens (tertiary/aromatic N) is 1. The lowest BCUT2D eigenvalue weighted by molar-refractivity contribution is -0.114. The molecule has 0 radical (unpaired) electrons. The van der Waals surface area contributed by atoms with Crippen LogP contribution in [0.4, 0.5) is 11.4 Å². The number of carbonyl (C=O) groups excluding carboxylic acids is 2. The summed E-state index contributed by atoms with van der Waals surface area (Å²) in [5.41, 5.74) is 0.937. The maximum Gasteiger partial charge on any atom is 0.264 e. The lowest BCUT2D eigenvalue weighted by atomic mass is 10.1. The van der Waals surface area contributed by atoms with Crippen molar-refractivity contribution in [3.8, 4) is 0 Å². The van der Waals surface area contributed by atoms with E-state index in [4.69, 9.17) is 0 Å².